The minimum Gasteiger partial charge on any atom is -0.324 e. The molecule has 0 fully saturated rings. The molecule has 0 radical (unpaired) electrons. The van der Waals surface area contributed by atoms with Crippen LogP contribution in [-0.2, 0) is 6.54 Å². The molecule has 0 spiro atoms. The Morgan fingerprint density at radius 3 is 2.70 bits per heavy atom. The number of aliphatic imine (C=N–C) groups is 1. The van der Waals surface area contributed by atoms with E-state index >= 15 is 0 Å². The van der Waals surface area contributed by atoms with Gasteiger partial charge in [-0.3, -0.25) is 4.99 Å². The summed E-state index contributed by atoms with van der Waals surface area (Å²) >= 11 is 0. The van der Waals surface area contributed by atoms with E-state index in [1.807, 2.05) is 49.5 Å². The van der Waals surface area contributed by atoms with E-state index in [0.29, 0.717) is 12.5 Å². The summed E-state index contributed by atoms with van der Waals surface area (Å²) in [6.45, 7) is 8.34. The summed E-state index contributed by atoms with van der Waals surface area (Å²) in [6.07, 6.45) is 9.41. The summed E-state index contributed by atoms with van der Waals surface area (Å²) in [6, 6.07) is 16.8. The predicted octanol–water partition coefficient (Wildman–Crippen LogP) is 5.86. The molecular formula is C26H24N4. The minimum absolute atomic E-state index is 0.542. The first kappa shape index (κ1) is 19.5. The van der Waals surface area contributed by atoms with Crippen molar-refractivity contribution in [3.8, 4) is 11.3 Å². The molecule has 0 unspecified atom stereocenters. The van der Waals surface area contributed by atoms with Crippen LogP contribution in [0.1, 0.15) is 29.2 Å². The molecule has 1 aliphatic heterocycles. The third-order valence-electron chi connectivity index (χ3n) is 4.98. The highest BCUT2D eigenvalue weighted by molar-refractivity contribution is 6.16. The fourth-order valence-corrected chi connectivity index (χ4v) is 3.48. The average molecular weight is 393 g/mol. The second-order valence-electron chi connectivity index (χ2n) is 7.11. The van der Waals surface area contributed by atoms with Gasteiger partial charge >= 0.3 is 0 Å². The standard InChI is InChI=1S/C26H24N4/c1-4-6-12-21(5-2)29-26-28-17-20-16-27-24(19-10-8-7-9-11-19)23-15-18(3)13-14-22(23)25(20)30-26/h4-15,17H,1,16H2,2-3H3,(H,28,29,30)/b12-6-,21-5+. The maximum absolute atomic E-state index is 4.95. The highest BCUT2D eigenvalue weighted by atomic mass is 15.1. The van der Waals surface area contributed by atoms with Gasteiger partial charge in [-0.15, -0.1) is 0 Å². The zero-order valence-electron chi connectivity index (χ0n) is 17.3. The van der Waals surface area contributed by atoms with Crippen molar-refractivity contribution < 1.29 is 0 Å². The van der Waals surface area contributed by atoms with Crippen LogP contribution in [0.4, 0.5) is 5.95 Å². The summed E-state index contributed by atoms with van der Waals surface area (Å²) in [5.41, 5.74) is 8.31. The maximum Gasteiger partial charge on any atom is 0.227 e. The van der Waals surface area contributed by atoms with Gasteiger partial charge in [0.1, 0.15) is 0 Å². The van der Waals surface area contributed by atoms with Gasteiger partial charge in [0.05, 0.1) is 18.0 Å². The quantitative estimate of drug-likeness (QED) is 0.553. The van der Waals surface area contributed by atoms with Crippen LogP contribution in [0.15, 0.2) is 96.3 Å². The largest absolute Gasteiger partial charge is 0.324 e. The van der Waals surface area contributed by atoms with Crippen molar-refractivity contribution in [1.29, 1.82) is 0 Å². The zero-order chi connectivity index (χ0) is 20.9. The van der Waals surface area contributed by atoms with Crippen molar-refractivity contribution in [2.45, 2.75) is 20.4 Å². The normalized spacial score (nSPS) is 13.3. The maximum atomic E-state index is 4.95. The number of aromatic nitrogens is 2. The van der Waals surface area contributed by atoms with Crippen LogP contribution in [-0.4, -0.2) is 15.7 Å². The first-order chi connectivity index (χ1) is 14.7. The van der Waals surface area contributed by atoms with E-state index in [0.717, 1.165) is 39.4 Å². The van der Waals surface area contributed by atoms with E-state index in [-0.39, 0.29) is 0 Å². The van der Waals surface area contributed by atoms with E-state index in [9.17, 15) is 0 Å². The lowest BCUT2D eigenvalue weighted by atomic mass is 9.94. The molecule has 4 rings (SSSR count). The molecule has 3 aromatic rings. The third kappa shape index (κ3) is 3.98. The molecule has 0 saturated carbocycles. The van der Waals surface area contributed by atoms with Gasteiger partial charge in [0.15, 0.2) is 0 Å². The lowest BCUT2D eigenvalue weighted by molar-refractivity contribution is 1.02. The lowest BCUT2D eigenvalue weighted by Crippen LogP contribution is -2.06. The summed E-state index contributed by atoms with van der Waals surface area (Å²) in [4.78, 5) is 14.3. The molecule has 1 N–H and O–H groups in total. The van der Waals surface area contributed by atoms with Gasteiger partial charge in [0, 0.05) is 34.1 Å². The predicted molar refractivity (Wildman–Crippen MR) is 125 cm³/mol. The highest BCUT2D eigenvalue weighted by Crippen LogP contribution is 2.32. The van der Waals surface area contributed by atoms with Crippen LogP contribution in [0, 0.1) is 6.92 Å². The Morgan fingerprint density at radius 1 is 1.10 bits per heavy atom. The molecule has 4 heteroatoms. The van der Waals surface area contributed by atoms with Crippen molar-refractivity contribution in [1.82, 2.24) is 9.97 Å². The fourth-order valence-electron chi connectivity index (χ4n) is 3.48. The van der Waals surface area contributed by atoms with Gasteiger partial charge in [-0.2, -0.15) is 0 Å². The van der Waals surface area contributed by atoms with E-state index < -0.39 is 0 Å². The Kier molecular flexibility index (Phi) is 5.66. The van der Waals surface area contributed by atoms with Crippen LogP contribution in [0.25, 0.3) is 11.3 Å². The Labute approximate surface area is 177 Å². The smallest absolute Gasteiger partial charge is 0.227 e. The summed E-state index contributed by atoms with van der Waals surface area (Å²) in [7, 11) is 0. The number of benzene rings is 2. The Hall–Kier alpha value is -3.79. The number of fused-ring (bicyclic) bond motifs is 3. The number of hydrogen-bond donors (Lipinski definition) is 1. The molecule has 0 amide bonds. The van der Waals surface area contributed by atoms with E-state index in [2.05, 4.69) is 54.1 Å². The SMILES string of the molecule is C=C/C=C\C(=C/C)Nc1ncc2c(n1)-c1ccc(C)cc1C(c1ccccc1)=NC2. The number of aryl methyl sites for hydroxylation is 1. The van der Waals surface area contributed by atoms with E-state index in [1.54, 1.807) is 6.08 Å². The molecule has 1 aliphatic rings. The van der Waals surface area contributed by atoms with Crippen LogP contribution < -0.4 is 5.32 Å². The van der Waals surface area contributed by atoms with Gasteiger partial charge < -0.3 is 5.32 Å². The van der Waals surface area contributed by atoms with Crippen LogP contribution in [0.3, 0.4) is 0 Å². The molecule has 2 aromatic carbocycles. The van der Waals surface area contributed by atoms with Gasteiger partial charge in [-0.25, -0.2) is 9.97 Å². The molecule has 4 nitrogen and oxygen atoms in total. The van der Waals surface area contributed by atoms with Crippen LogP contribution in [0.5, 0.6) is 0 Å². The number of anilines is 1. The summed E-state index contributed by atoms with van der Waals surface area (Å²) in [5.74, 6) is 0.560. The van der Waals surface area contributed by atoms with E-state index in [1.165, 1.54) is 5.56 Å². The first-order valence-corrected chi connectivity index (χ1v) is 9.99. The Morgan fingerprint density at radius 2 is 1.93 bits per heavy atom. The second-order valence-corrected chi connectivity index (χ2v) is 7.11. The topological polar surface area (TPSA) is 50.2 Å². The molecule has 30 heavy (non-hydrogen) atoms. The van der Waals surface area contributed by atoms with Crippen molar-refractivity contribution in [3.05, 3.63) is 114 Å². The van der Waals surface area contributed by atoms with Crippen molar-refractivity contribution in [3.63, 3.8) is 0 Å². The fraction of sp³-hybridized carbons (Fsp3) is 0.115. The molecule has 0 aliphatic carbocycles. The Balaban J connectivity index is 1.81. The minimum atomic E-state index is 0.542. The van der Waals surface area contributed by atoms with Crippen LogP contribution >= 0.6 is 0 Å². The molecular weight excluding hydrogens is 368 g/mol. The van der Waals surface area contributed by atoms with Gasteiger partial charge in [-0.05, 0) is 26.0 Å². The number of rotatable bonds is 5. The van der Waals surface area contributed by atoms with Gasteiger partial charge in [0.25, 0.3) is 0 Å². The monoisotopic (exact) mass is 392 g/mol. The van der Waals surface area contributed by atoms with Crippen molar-refractivity contribution in [2.75, 3.05) is 5.32 Å². The summed E-state index contributed by atoms with van der Waals surface area (Å²) in [5, 5.41) is 3.29. The first-order valence-electron chi connectivity index (χ1n) is 9.99. The van der Waals surface area contributed by atoms with Crippen molar-refractivity contribution >= 4 is 11.7 Å². The molecule has 2 heterocycles. The van der Waals surface area contributed by atoms with Gasteiger partial charge in [0.2, 0.25) is 5.95 Å². The second kappa shape index (κ2) is 8.70. The molecule has 0 saturated heterocycles. The molecule has 0 bridgehead atoms. The number of allylic oxidation sites excluding steroid dienone is 4. The molecule has 0 atom stereocenters. The number of nitrogens with zero attached hydrogens (tertiary/aromatic N) is 3. The lowest BCUT2D eigenvalue weighted by Gasteiger charge is -2.13. The van der Waals surface area contributed by atoms with Gasteiger partial charge in [-0.1, -0.05) is 72.8 Å². The van der Waals surface area contributed by atoms with Crippen LogP contribution in [0.2, 0.25) is 0 Å². The molecule has 148 valence electrons. The third-order valence-corrected chi connectivity index (χ3v) is 4.98. The molecule has 1 aromatic heterocycles. The average Bonchev–Trinajstić information content (AvgIpc) is 2.93. The number of nitrogens with one attached hydrogen (secondary N) is 1. The summed E-state index contributed by atoms with van der Waals surface area (Å²) < 4.78 is 0. The highest BCUT2D eigenvalue weighted by Gasteiger charge is 2.21. The Bertz CT molecular complexity index is 1170. The van der Waals surface area contributed by atoms with Crippen molar-refractivity contribution in [2.24, 2.45) is 4.99 Å². The zero-order valence-corrected chi connectivity index (χ0v) is 17.3. The number of hydrogen-bond acceptors (Lipinski definition) is 4. The van der Waals surface area contributed by atoms with E-state index in [4.69, 9.17) is 9.98 Å².